The zero-order chi connectivity index (χ0) is 11.5. The summed E-state index contributed by atoms with van der Waals surface area (Å²) in [5.41, 5.74) is 1.51. The fourth-order valence-electron chi connectivity index (χ4n) is 1.64. The van der Waals surface area contributed by atoms with Gasteiger partial charge in [0.25, 0.3) is 0 Å². The van der Waals surface area contributed by atoms with Crippen LogP contribution in [-0.4, -0.2) is 25.0 Å². The van der Waals surface area contributed by atoms with Crippen molar-refractivity contribution in [3.8, 4) is 11.5 Å². The Morgan fingerprint density at radius 3 is 2.56 bits per heavy atom. The molecule has 0 saturated heterocycles. The third kappa shape index (κ3) is 2.09. The van der Waals surface area contributed by atoms with Gasteiger partial charge in [-0.25, -0.2) is 0 Å². The number of ether oxygens (including phenoxy) is 3. The Hall–Kier alpha value is -1.75. The lowest BCUT2D eigenvalue weighted by Gasteiger charge is -2.08. The highest BCUT2D eigenvalue weighted by atomic mass is 16.7. The molecule has 1 aromatic carbocycles. The number of methoxy groups -OCH3 is 1. The highest BCUT2D eigenvalue weighted by Crippen LogP contribution is 2.35. The lowest BCUT2D eigenvalue weighted by atomic mass is 10.0. The van der Waals surface area contributed by atoms with E-state index in [-0.39, 0.29) is 13.2 Å². The molecule has 0 fully saturated rings. The van der Waals surface area contributed by atoms with Crippen LogP contribution in [0.25, 0.3) is 0 Å². The Balaban J connectivity index is 2.36. The highest BCUT2D eigenvalue weighted by molar-refractivity contribution is 5.71. The van der Waals surface area contributed by atoms with Crippen molar-refractivity contribution in [1.29, 1.82) is 0 Å². The molecule has 1 N–H and O–H groups in total. The van der Waals surface area contributed by atoms with Crippen LogP contribution in [0.5, 0.6) is 11.5 Å². The maximum absolute atomic E-state index is 10.7. The molecule has 0 unspecified atom stereocenters. The Bertz CT molecular complexity index is 413. The quantitative estimate of drug-likeness (QED) is 0.832. The Labute approximate surface area is 92.5 Å². The third-order valence-corrected chi connectivity index (χ3v) is 2.34. The van der Waals surface area contributed by atoms with E-state index in [2.05, 4.69) is 0 Å². The number of carboxylic acid groups (broad SMARTS) is 1. The maximum atomic E-state index is 10.7. The predicted octanol–water partition coefficient (Wildman–Crippen LogP) is 1.19. The normalized spacial score (nSPS) is 12.8. The minimum atomic E-state index is -0.879. The average Bonchev–Trinajstić information content (AvgIpc) is 2.64. The molecule has 5 heteroatoms. The summed E-state index contributed by atoms with van der Waals surface area (Å²) in [4.78, 5) is 10.7. The number of carbonyl (C=O) groups is 1. The topological polar surface area (TPSA) is 65.0 Å². The van der Waals surface area contributed by atoms with E-state index in [1.165, 1.54) is 0 Å². The summed E-state index contributed by atoms with van der Waals surface area (Å²) < 4.78 is 15.4. The van der Waals surface area contributed by atoms with E-state index < -0.39 is 5.97 Å². The molecule has 0 aliphatic carbocycles. The smallest absolute Gasteiger partial charge is 0.307 e. The summed E-state index contributed by atoms with van der Waals surface area (Å²) in [5, 5.41) is 8.80. The van der Waals surface area contributed by atoms with Crippen LogP contribution >= 0.6 is 0 Å². The number of hydrogen-bond donors (Lipinski definition) is 1. The fraction of sp³-hybridized carbons (Fsp3) is 0.364. The minimum absolute atomic E-state index is 0.0463. The van der Waals surface area contributed by atoms with Gasteiger partial charge in [0.15, 0.2) is 11.5 Å². The van der Waals surface area contributed by atoms with Gasteiger partial charge in [0, 0.05) is 7.11 Å². The first kappa shape index (κ1) is 10.8. The van der Waals surface area contributed by atoms with Crippen molar-refractivity contribution in [2.24, 2.45) is 0 Å². The molecule has 1 aliphatic heterocycles. The maximum Gasteiger partial charge on any atom is 0.307 e. The average molecular weight is 224 g/mol. The fourth-order valence-corrected chi connectivity index (χ4v) is 1.64. The van der Waals surface area contributed by atoms with Crippen molar-refractivity contribution in [3.05, 3.63) is 23.3 Å². The third-order valence-electron chi connectivity index (χ3n) is 2.34. The van der Waals surface area contributed by atoms with Crippen molar-refractivity contribution in [2.75, 3.05) is 13.9 Å². The second kappa shape index (κ2) is 4.40. The van der Waals surface area contributed by atoms with E-state index in [9.17, 15) is 4.79 Å². The molecule has 1 heterocycles. The number of benzene rings is 1. The van der Waals surface area contributed by atoms with E-state index in [1.54, 1.807) is 19.2 Å². The number of rotatable bonds is 4. The van der Waals surface area contributed by atoms with Crippen LogP contribution in [0.4, 0.5) is 0 Å². The zero-order valence-electron chi connectivity index (χ0n) is 8.86. The molecule has 0 saturated carbocycles. The first-order valence-corrected chi connectivity index (χ1v) is 4.83. The van der Waals surface area contributed by atoms with Crippen LogP contribution in [0.15, 0.2) is 12.1 Å². The van der Waals surface area contributed by atoms with Gasteiger partial charge >= 0.3 is 5.97 Å². The number of fused-ring (bicyclic) bond motifs is 1. The molecule has 5 nitrogen and oxygen atoms in total. The van der Waals surface area contributed by atoms with Gasteiger partial charge in [0.1, 0.15) is 0 Å². The monoisotopic (exact) mass is 224 g/mol. The van der Waals surface area contributed by atoms with Crippen LogP contribution in [-0.2, 0) is 22.6 Å². The van der Waals surface area contributed by atoms with Crippen LogP contribution in [0.3, 0.4) is 0 Å². The second-order valence-corrected chi connectivity index (χ2v) is 3.48. The summed E-state index contributed by atoms with van der Waals surface area (Å²) in [6.07, 6.45) is -0.0463. The minimum Gasteiger partial charge on any atom is -0.481 e. The number of hydrogen-bond acceptors (Lipinski definition) is 4. The molecule has 0 spiro atoms. The Kier molecular flexibility index (Phi) is 2.96. The first-order chi connectivity index (χ1) is 7.70. The van der Waals surface area contributed by atoms with Crippen molar-refractivity contribution >= 4 is 5.97 Å². The van der Waals surface area contributed by atoms with E-state index in [0.717, 1.165) is 5.56 Å². The molecule has 16 heavy (non-hydrogen) atoms. The molecule has 0 aromatic heterocycles. The highest BCUT2D eigenvalue weighted by Gasteiger charge is 2.18. The molecule has 0 radical (unpaired) electrons. The molecule has 1 aromatic rings. The molecule has 0 atom stereocenters. The van der Waals surface area contributed by atoms with Crippen molar-refractivity contribution in [3.63, 3.8) is 0 Å². The Morgan fingerprint density at radius 2 is 2.00 bits per heavy atom. The van der Waals surface area contributed by atoms with Crippen LogP contribution in [0, 0.1) is 0 Å². The molecule has 86 valence electrons. The van der Waals surface area contributed by atoms with Crippen LogP contribution in [0.1, 0.15) is 11.1 Å². The molecule has 0 bridgehead atoms. The lowest BCUT2D eigenvalue weighted by Crippen LogP contribution is -2.04. The van der Waals surface area contributed by atoms with E-state index in [1.807, 2.05) is 0 Å². The lowest BCUT2D eigenvalue weighted by molar-refractivity contribution is -0.136. The van der Waals surface area contributed by atoms with Crippen LogP contribution < -0.4 is 9.47 Å². The van der Waals surface area contributed by atoms with Gasteiger partial charge in [-0.05, 0) is 23.3 Å². The van der Waals surface area contributed by atoms with Crippen molar-refractivity contribution < 1.29 is 24.1 Å². The summed E-state index contributed by atoms with van der Waals surface area (Å²) in [6, 6.07) is 3.47. The largest absolute Gasteiger partial charge is 0.481 e. The zero-order valence-corrected chi connectivity index (χ0v) is 8.86. The first-order valence-electron chi connectivity index (χ1n) is 4.83. The van der Waals surface area contributed by atoms with Crippen molar-refractivity contribution in [1.82, 2.24) is 0 Å². The molecular weight excluding hydrogens is 212 g/mol. The van der Waals surface area contributed by atoms with Gasteiger partial charge in [-0.3, -0.25) is 4.79 Å². The van der Waals surface area contributed by atoms with Gasteiger partial charge in [0.05, 0.1) is 13.0 Å². The summed E-state index contributed by atoms with van der Waals surface area (Å²) in [7, 11) is 1.56. The summed E-state index contributed by atoms with van der Waals surface area (Å²) in [6.45, 7) is 0.539. The molecule has 2 rings (SSSR count). The SMILES string of the molecule is COCc1cc2c(cc1CC(=O)O)OCO2. The van der Waals surface area contributed by atoms with E-state index in [4.69, 9.17) is 19.3 Å². The van der Waals surface area contributed by atoms with Gasteiger partial charge in [0.2, 0.25) is 6.79 Å². The second-order valence-electron chi connectivity index (χ2n) is 3.48. The molecule has 0 amide bonds. The molecule has 1 aliphatic rings. The Morgan fingerprint density at radius 1 is 1.38 bits per heavy atom. The summed E-state index contributed by atoms with van der Waals surface area (Å²) >= 11 is 0. The van der Waals surface area contributed by atoms with E-state index in [0.29, 0.717) is 23.7 Å². The molecular formula is C11H12O5. The number of carboxylic acids is 1. The number of aliphatic carboxylic acids is 1. The summed E-state index contributed by atoms with van der Waals surface area (Å²) in [5.74, 6) is 0.355. The van der Waals surface area contributed by atoms with Gasteiger partial charge in [-0.2, -0.15) is 0 Å². The van der Waals surface area contributed by atoms with Crippen molar-refractivity contribution in [2.45, 2.75) is 13.0 Å². The van der Waals surface area contributed by atoms with Crippen LogP contribution in [0.2, 0.25) is 0 Å². The van der Waals surface area contributed by atoms with Gasteiger partial charge in [-0.15, -0.1) is 0 Å². The van der Waals surface area contributed by atoms with E-state index >= 15 is 0 Å². The van der Waals surface area contributed by atoms with Gasteiger partial charge in [-0.1, -0.05) is 0 Å². The van der Waals surface area contributed by atoms with Gasteiger partial charge < -0.3 is 19.3 Å². The standard InChI is InChI=1S/C11H12O5/c1-14-5-8-3-10-9(15-6-16-10)2-7(8)4-11(12)13/h2-3H,4-6H2,1H3,(H,12,13). The predicted molar refractivity (Wildman–Crippen MR) is 54.6 cm³/mol.